The molecular formula is C15H16F2N2O2. The summed E-state index contributed by atoms with van der Waals surface area (Å²) in [7, 11) is 0. The number of aryl methyl sites for hydroxylation is 1. The molecule has 1 heterocycles. The topological polar surface area (TPSA) is 54.3 Å². The second-order valence-corrected chi connectivity index (χ2v) is 4.66. The van der Waals surface area contributed by atoms with Crippen molar-refractivity contribution in [3.63, 3.8) is 0 Å². The van der Waals surface area contributed by atoms with E-state index >= 15 is 0 Å². The van der Waals surface area contributed by atoms with Crippen LogP contribution < -0.4 is 5.32 Å². The fourth-order valence-corrected chi connectivity index (χ4v) is 2.10. The van der Waals surface area contributed by atoms with Crippen molar-refractivity contribution in [3.8, 4) is 0 Å². The van der Waals surface area contributed by atoms with E-state index in [2.05, 4.69) is 12.2 Å². The van der Waals surface area contributed by atoms with E-state index < -0.39 is 23.2 Å². The molecule has 112 valence electrons. The van der Waals surface area contributed by atoms with E-state index in [0.717, 1.165) is 24.7 Å². The molecule has 6 heteroatoms. The van der Waals surface area contributed by atoms with Crippen LogP contribution in [0.2, 0.25) is 0 Å². The van der Waals surface area contributed by atoms with Crippen LogP contribution in [-0.2, 0) is 13.1 Å². The normalized spacial score (nSPS) is 10.6. The Morgan fingerprint density at radius 2 is 2.10 bits per heavy atom. The van der Waals surface area contributed by atoms with Crippen LogP contribution in [0.4, 0.5) is 14.5 Å². The second kappa shape index (κ2) is 6.39. The maximum absolute atomic E-state index is 13.7. The van der Waals surface area contributed by atoms with Crippen LogP contribution in [0.25, 0.3) is 0 Å². The zero-order valence-electron chi connectivity index (χ0n) is 11.6. The number of aromatic carboxylic acids is 1. The van der Waals surface area contributed by atoms with Gasteiger partial charge in [0.05, 0.1) is 17.8 Å². The number of anilines is 1. The maximum atomic E-state index is 13.7. The van der Waals surface area contributed by atoms with Gasteiger partial charge in [0.2, 0.25) is 0 Å². The number of halogens is 2. The average molecular weight is 294 g/mol. The van der Waals surface area contributed by atoms with Crippen LogP contribution in [-0.4, -0.2) is 15.6 Å². The van der Waals surface area contributed by atoms with Crippen LogP contribution in [0, 0.1) is 11.6 Å². The van der Waals surface area contributed by atoms with Gasteiger partial charge in [0, 0.05) is 24.5 Å². The number of carboxylic acids is 1. The molecule has 4 nitrogen and oxygen atoms in total. The summed E-state index contributed by atoms with van der Waals surface area (Å²) < 4.78 is 29.0. The molecule has 2 aromatic rings. The number of nitrogens with zero attached hydrogens (tertiary/aromatic N) is 1. The lowest BCUT2D eigenvalue weighted by Gasteiger charge is -2.11. The highest BCUT2D eigenvalue weighted by molar-refractivity contribution is 5.89. The summed E-state index contributed by atoms with van der Waals surface area (Å²) in [6.45, 7) is 3.22. The van der Waals surface area contributed by atoms with E-state index in [0.29, 0.717) is 12.6 Å². The minimum Gasteiger partial charge on any atom is -0.478 e. The molecule has 0 fully saturated rings. The number of carbonyl (C=O) groups is 1. The van der Waals surface area contributed by atoms with Crippen molar-refractivity contribution in [1.29, 1.82) is 0 Å². The summed E-state index contributed by atoms with van der Waals surface area (Å²) in [5, 5.41) is 11.7. The Morgan fingerprint density at radius 3 is 2.76 bits per heavy atom. The van der Waals surface area contributed by atoms with Crippen LogP contribution in [0.3, 0.4) is 0 Å². The Morgan fingerprint density at radius 1 is 1.33 bits per heavy atom. The number of hydrogen-bond acceptors (Lipinski definition) is 2. The summed E-state index contributed by atoms with van der Waals surface area (Å²) in [4.78, 5) is 10.9. The van der Waals surface area contributed by atoms with E-state index in [1.165, 1.54) is 0 Å². The van der Waals surface area contributed by atoms with Gasteiger partial charge in [0.1, 0.15) is 11.6 Å². The van der Waals surface area contributed by atoms with Crippen molar-refractivity contribution < 1.29 is 18.7 Å². The molecule has 21 heavy (non-hydrogen) atoms. The predicted octanol–water partition coefficient (Wildman–Crippen LogP) is 3.49. The Bertz CT molecular complexity index is 653. The highest BCUT2D eigenvalue weighted by Crippen LogP contribution is 2.20. The zero-order valence-corrected chi connectivity index (χ0v) is 11.6. The Balaban J connectivity index is 2.18. The summed E-state index contributed by atoms with van der Waals surface area (Å²) in [6.07, 6.45) is 2.89. The molecule has 0 bridgehead atoms. The van der Waals surface area contributed by atoms with Crippen LogP contribution in [0.1, 0.15) is 29.4 Å². The van der Waals surface area contributed by atoms with Gasteiger partial charge in [-0.2, -0.15) is 0 Å². The molecule has 0 amide bonds. The molecule has 0 radical (unpaired) electrons. The zero-order chi connectivity index (χ0) is 15.4. The van der Waals surface area contributed by atoms with Gasteiger partial charge in [-0.15, -0.1) is 0 Å². The summed E-state index contributed by atoms with van der Waals surface area (Å²) in [5.74, 6) is -3.32. The molecule has 0 spiro atoms. The quantitative estimate of drug-likeness (QED) is 0.857. The maximum Gasteiger partial charge on any atom is 0.338 e. The fourth-order valence-electron chi connectivity index (χ4n) is 2.10. The molecule has 0 atom stereocenters. The van der Waals surface area contributed by atoms with Crippen molar-refractivity contribution in [2.45, 2.75) is 26.4 Å². The molecule has 0 saturated carbocycles. The number of aromatic nitrogens is 1. The van der Waals surface area contributed by atoms with E-state index in [-0.39, 0.29) is 5.69 Å². The number of benzene rings is 1. The van der Waals surface area contributed by atoms with Crippen molar-refractivity contribution in [3.05, 3.63) is 53.4 Å². The summed E-state index contributed by atoms with van der Waals surface area (Å²) in [5.41, 5.74) is 0.360. The highest BCUT2D eigenvalue weighted by atomic mass is 19.1. The first-order chi connectivity index (χ1) is 10.0. The van der Waals surface area contributed by atoms with Crippen molar-refractivity contribution in [2.24, 2.45) is 0 Å². The summed E-state index contributed by atoms with van der Waals surface area (Å²) >= 11 is 0. The third-order valence-electron chi connectivity index (χ3n) is 3.14. The molecule has 0 aliphatic rings. The van der Waals surface area contributed by atoms with E-state index in [1.807, 2.05) is 22.9 Å². The third-order valence-corrected chi connectivity index (χ3v) is 3.14. The highest BCUT2D eigenvalue weighted by Gasteiger charge is 2.15. The van der Waals surface area contributed by atoms with Gasteiger partial charge in [-0.25, -0.2) is 13.6 Å². The number of rotatable bonds is 6. The molecule has 0 aliphatic carbocycles. The lowest BCUT2D eigenvalue weighted by molar-refractivity contribution is 0.0692. The molecule has 1 aromatic heterocycles. The van der Waals surface area contributed by atoms with Gasteiger partial charge >= 0.3 is 5.97 Å². The predicted molar refractivity (Wildman–Crippen MR) is 75.4 cm³/mol. The molecule has 2 rings (SSSR count). The van der Waals surface area contributed by atoms with Crippen LogP contribution >= 0.6 is 0 Å². The first kappa shape index (κ1) is 15.0. The molecule has 0 unspecified atom stereocenters. The Labute approximate surface area is 121 Å². The van der Waals surface area contributed by atoms with Crippen molar-refractivity contribution >= 4 is 11.7 Å². The fraction of sp³-hybridized carbons (Fsp3) is 0.267. The molecule has 2 N–H and O–H groups in total. The van der Waals surface area contributed by atoms with Crippen LogP contribution in [0.15, 0.2) is 30.5 Å². The Kier molecular flexibility index (Phi) is 4.57. The van der Waals surface area contributed by atoms with Gasteiger partial charge in [0.15, 0.2) is 0 Å². The monoisotopic (exact) mass is 294 g/mol. The second-order valence-electron chi connectivity index (χ2n) is 4.66. The molecule has 1 aromatic carbocycles. The van der Waals surface area contributed by atoms with Gasteiger partial charge in [-0.05, 0) is 24.6 Å². The van der Waals surface area contributed by atoms with E-state index in [4.69, 9.17) is 5.11 Å². The van der Waals surface area contributed by atoms with E-state index in [1.54, 1.807) is 0 Å². The SMILES string of the molecule is CCCn1cccc1CNc1cc(C(=O)O)c(F)cc1F. The van der Waals surface area contributed by atoms with E-state index in [9.17, 15) is 13.6 Å². The first-order valence-electron chi connectivity index (χ1n) is 6.63. The largest absolute Gasteiger partial charge is 0.478 e. The van der Waals surface area contributed by atoms with Gasteiger partial charge in [-0.3, -0.25) is 0 Å². The third kappa shape index (κ3) is 3.39. The molecule has 0 aliphatic heterocycles. The standard InChI is InChI=1S/C15H16F2N2O2/c1-2-5-19-6-3-4-10(19)9-18-14-7-11(15(20)21)12(16)8-13(14)17/h3-4,6-8,18H,2,5,9H2,1H3,(H,20,21). The minimum absolute atomic E-state index is 0.0296. The van der Waals surface area contributed by atoms with Crippen molar-refractivity contribution in [2.75, 3.05) is 5.32 Å². The van der Waals surface area contributed by atoms with Gasteiger partial charge < -0.3 is 15.0 Å². The van der Waals surface area contributed by atoms with Gasteiger partial charge in [0.25, 0.3) is 0 Å². The smallest absolute Gasteiger partial charge is 0.338 e. The van der Waals surface area contributed by atoms with Crippen molar-refractivity contribution in [1.82, 2.24) is 4.57 Å². The number of hydrogen-bond donors (Lipinski definition) is 2. The lowest BCUT2D eigenvalue weighted by Crippen LogP contribution is -2.09. The minimum atomic E-state index is -1.43. The number of nitrogens with one attached hydrogen (secondary N) is 1. The van der Waals surface area contributed by atoms with Crippen LogP contribution in [0.5, 0.6) is 0 Å². The summed E-state index contributed by atoms with van der Waals surface area (Å²) in [6, 6.07) is 5.33. The molecule has 0 saturated heterocycles. The lowest BCUT2D eigenvalue weighted by atomic mass is 10.1. The molecular weight excluding hydrogens is 278 g/mol. The first-order valence-corrected chi connectivity index (χ1v) is 6.63. The average Bonchev–Trinajstić information content (AvgIpc) is 2.85. The van der Waals surface area contributed by atoms with Gasteiger partial charge in [-0.1, -0.05) is 6.92 Å². The Hall–Kier alpha value is -2.37. The number of carboxylic acid groups (broad SMARTS) is 1.